The maximum Gasteiger partial charge on any atom is 0.295 e. The molecular weight excluding hydrogens is 400 g/mol. The Bertz CT molecular complexity index is 961. The van der Waals surface area contributed by atoms with Crippen molar-refractivity contribution >= 4 is 28.8 Å². The number of hydrogen-bond acceptors (Lipinski definition) is 5. The molecular formula is C23H24N2O4S. The number of amides is 2. The van der Waals surface area contributed by atoms with Gasteiger partial charge in [-0.1, -0.05) is 18.9 Å². The van der Waals surface area contributed by atoms with Gasteiger partial charge in [-0.25, -0.2) is 0 Å². The van der Waals surface area contributed by atoms with Crippen LogP contribution in [0.25, 0.3) is 0 Å². The van der Waals surface area contributed by atoms with Crippen molar-refractivity contribution in [1.82, 2.24) is 5.32 Å². The molecule has 0 spiro atoms. The molecule has 1 aromatic carbocycles. The van der Waals surface area contributed by atoms with Crippen molar-refractivity contribution in [3.63, 3.8) is 0 Å². The number of benzene rings is 1. The fourth-order valence-electron chi connectivity index (χ4n) is 3.82. The fourth-order valence-corrected chi connectivity index (χ4v) is 4.63. The summed E-state index contributed by atoms with van der Waals surface area (Å²) in [7, 11) is 1.59. The lowest BCUT2D eigenvalue weighted by molar-refractivity contribution is -0.123. The maximum absolute atomic E-state index is 13.5. The summed E-state index contributed by atoms with van der Waals surface area (Å²) in [6.45, 7) is 0. The minimum Gasteiger partial charge on any atom is -0.497 e. The van der Waals surface area contributed by atoms with Crippen molar-refractivity contribution in [1.29, 1.82) is 0 Å². The summed E-state index contributed by atoms with van der Waals surface area (Å²) in [5.74, 6) is 0.304. The van der Waals surface area contributed by atoms with Crippen LogP contribution in [0, 0.1) is 0 Å². The zero-order valence-electron chi connectivity index (χ0n) is 16.7. The lowest BCUT2D eigenvalue weighted by Gasteiger charge is -2.31. The smallest absolute Gasteiger partial charge is 0.295 e. The summed E-state index contributed by atoms with van der Waals surface area (Å²) in [5.41, 5.74) is 0.595. The van der Waals surface area contributed by atoms with E-state index in [1.165, 1.54) is 22.5 Å². The summed E-state index contributed by atoms with van der Waals surface area (Å²) < 4.78 is 10.6. The summed E-state index contributed by atoms with van der Waals surface area (Å²) in [5, 5.41) is 5.07. The number of hydrogen-bond donors (Lipinski definition) is 1. The van der Waals surface area contributed by atoms with Gasteiger partial charge in [-0.05, 0) is 60.7 Å². The molecule has 6 nitrogen and oxygen atoms in total. The van der Waals surface area contributed by atoms with Crippen molar-refractivity contribution < 1.29 is 18.7 Å². The third-order valence-corrected chi connectivity index (χ3v) is 6.25. The molecule has 2 aromatic heterocycles. The predicted molar refractivity (Wildman–Crippen MR) is 116 cm³/mol. The van der Waals surface area contributed by atoms with E-state index >= 15 is 0 Å². The van der Waals surface area contributed by atoms with Gasteiger partial charge in [0.2, 0.25) is 5.91 Å². The number of nitrogens with zero attached hydrogens (tertiary/aromatic N) is 1. The Morgan fingerprint density at radius 3 is 2.50 bits per heavy atom. The third-order valence-electron chi connectivity index (χ3n) is 5.32. The molecule has 156 valence electrons. The Hall–Kier alpha value is -3.06. The van der Waals surface area contributed by atoms with E-state index < -0.39 is 6.04 Å². The second-order valence-corrected chi connectivity index (χ2v) is 8.24. The number of nitrogens with one attached hydrogen (secondary N) is 1. The summed E-state index contributed by atoms with van der Waals surface area (Å²) in [4.78, 5) is 29.2. The highest BCUT2D eigenvalue weighted by Crippen LogP contribution is 2.33. The van der Waals surface area contributed by atoms with Crippen LogP contribution in [-0.2, 0) is 4.79 Å². The van der Waals surface area contributed by atoms with Gasteiger partial charge in [0.15, 0.2) is 11.8 Å². The van der Waals surface area contributed by atoms with E-state index in [9.17, 15) is 9.59 Å². The molecule has 1 aliphatic rings. The van der Waals surface area contributed by atoms with E-state index in [0.717, 1.165) is 30.6 Å². The van der Waals surface area contributed by atoms with Crippen LogP contribution < -0.4 is 15.0 Å². The molecule has 0 aliphatic heterocycles. The summed E-state index contributed by atoms with van der Waals surface area (Å²) in [6.07, 6.45) is 5.62. The van der Waals surface area contributed by atoms with Crippen molar-refractivity contribution in [3.05, 3.63) is 70.8 Å². The van der Waals surface area contributed by atoms with E-state index in [4.69, 9.17) is 9.15 Å². The molecule has 4 rings (SSSR count). The number of thiophene rings is 1. The molecule has 0 bridgehead atoms. The topological polar surface area (TPSA) is 71.8 Å². The van der Waals surface area contributed by atoms with Gasteiger partial charge in [0, 0.05) is 16.6 Å². The first-order valence-corrected chi connectivity index (χ1v) is 10.9. The first-order valence-electron chi connectivity index (χ1n) is 10.0. The van der Waals surface area contributed by atoms with Crippen LogP contribution in [0.3, 0.4) is 0 Å². The highest BCUT2D eigenvalue weighted by molar-refractivity contribution is 7.10. The molecule has 1 saturated carbocycles. The number of ether oxygens (including phenoxy) is 1. The Morgan fingerprint density at radius 1 is 1.13 bits per heavy atom. The van der Waals surface area contributed by atoms with Gasteiger partial charge in [0.05, 0.1) is 13.4 Å². The molecule has 2 amide bonds. The Morgan fingerprint density at radius 2 is 1.90 bits per heavy atom. The standard InChI is InChI=1S/C23H24N2O4S/c1-28-18-12-10-17(11-13-18)25(23(27)19-8-4-14-29-19)21(20-9-5-15-30-20)22(26)24-16-6-2-3-7-16/h4-5,8-16,21H,2-3,6-7H2,1H3,(H,24,26)/t21-/m0/s1. The van der Waals surface area contributed by atoms with Gasteiger partial charge in [-0.3, -0.25) is 14.5 Å². The highest BCUT2D eigenvalue weighted by Gasteiger charge is 2.36. The lowest BCUT2D eigenvalue weighted by atomic mass is 10.1. The van der Waals surface area contributed by atoms with Crippen molar-refractivity contribution in [3.8, 4) is 5.75 Å². The average molecular weight is 425 g/mol. The van der Waals surface area contributed by atoms with E-state index in [1.807, 2.05) is 17.5 Å². The van der Waals surface area contributed by atoms with Crippen molar-refractivity contribution in [2.24, 2.45) is 0 Å². The second kappa shape index (κ2) is 9.17. The van der Waals surface area contributed by atoms with Crippen LogP contribution in [0.5, 0.6) is 5.75 Å². The largest absolute Gasteiger partial charge is 0.497 e. The first-order chi connectivity index (χ1) is 14.7. The minimum atomic E-state index is -0.795. The van der Waals surface area contributed by atoms with Crippen LogP contribution in [0.1, 0.15) is 47.2 Å². The number of anilines is 1. The van der Waals surface area contributed by atoms with E-state index in [2.05, 4.69) is 5.32 Å². The van der Waals surface area contributed by atoms with E-state index in [1.54, 1.807) is 43.5 Å². The van der Waals surface area contributed by atoms with Gasteiger partial charge >= 0.3 is 0 Å². The Balaban J connectivity index is 1.75. The Kier molecular flexibility index (Phi) is 6.18. The fraction of sp³-hybridized carbons (Fsp3) is 0.304. The molecule has 1 atom stereocenters. The van der Waals surface area contributed by atoms with Crippen LogP contribution in [0.15, 0.2) is 64.6 Å². The monoisotopic (exact) mass is 424 g/mol. The quantitative estimate of drug-likeness (QED) is 0.592. The van der Waals surface area contributed by atoms with Crippen LogP contribution in [0.2, 0.25) is 0 Å². The molecule has 1 N–H and O–H groups in total. The second-order valence-electron chi connectivity index (χ2n) is 7.26. The van der Waals surface area contributed by atoms with Gasteiger partial charge in [0.25, 0.3) is 5.91 Å². The van der Waals surface area contributed by atoms with Crippen LogP contribution >= 0.6 is 11.3 Å². The third kappa shape index (κ3) is 4.26. The van der Waals surface area contributed by atoms with Crippen LogP contribution in [-0.4, -0.2) is 25.0 Å². The van der Waals surface area contributed by atoms with Gasteiger partial charge in [0.1, 0.15) is 5.75 Å². The molecule has 1 fully saturated rings. The highest BCUT2D eigenvalue weighted by atomic mass is 32.1. The Labute approximate surface area is 179 Å². The molecule has 0 radical (unpaired) electrons. The molecule has 30 heavy (non-hydrogen) atoms. The number of carbonyl (C=O) groups is 2. The molecule has 0 unspecified atom stereocenters. The number of furan rings is 1. The molecule has 2 heterocycles. The number of carbonyl (C=O) groups excluding carboxylic acids is 2. The SMILES string of the molecule is COc1ccc(N(C(=O)c2ccco2)[C@H](C(=O)NC2CCCC2)c2cccs2)cc1. The summed E-state index contributed by atoms with van der Waals surface area (Å²) in [6, 6.07) is 13.5. The summed E-state index contributed by atoms with van der Waals surface area (Å²) >= 11 is 1.45. The molecule has 3 aromatic rings. The predicted octanol–water partition coefficient (Wildman–Crippen LogP) is 4.80. The van der Waals surface area contributed by atoms with Gasteiger partial charge in [-0.2, -0.15) is 0 Å². The maximum atomic E-state index is 13.5. The van der Waals surface area contributed by atoms with E-state index in [-0.39, 0.29) is 23.6 Å². The average Bonchev–Trinajstić information content (AvgIpc) is 3.55. The normalized spacial score (nSPS) is 15.0. The van der Waals surface area contributed by atoms with Crippen LogP contribution in [0.4, 0.5) is 5.69 Å². The first kappa shape index (κ1) is 20.2. The van der Waals surface area contributed by atoms with E-state index in [0.29, 0.717) is 11.4 Å². The zero-order valence-corrected chi connectivity index (χ0v) is 17.6. The van der Waals surface area contributed by atoms with Crippen molar-refractivity contribution in [2.45, 2.75) is 37.8 Å². The minimum absolute atomic E-state index is 0.149. The zero-order chi connectivity index (χ0) is 20.9. The molecule has 1 aliphatic carbocycles. The number of rotatable bonds is 7. The number of methoxy groups -OCH3 is 1. The molecule has 7 heteroatoms. The lowest BCUT2D eigenvalue weighted by Crippen LogP contribution is -2.46. The van der Waals surface area contributed by atoms with Crippen molar-refractivity contribution in [2.75, 3.05) is 12.0 Å². The van der Waals surface area contributed by atoms with Gasteiger partial charge in [-0.15, -0.1) is 11.3 Å². The van der Waals surface area contributed by atoms with Gasteiger partial charge < -0.3 is 14.5 Å². The molecule has 0 saturated heterocycles.